The van der Waals surface area contributed by atoms with Crippen LogP contribution in [0.4, 0.5) is 0 Å². The minimum absolute atomic E-state index is 0.396. The van der Waals surface area contributed by atoms with E-state index in [0.717, 1.165) is 25.7 Å². The van der Waals surface area contributed by atoms with Crippen molar-refractivity contribution in [2.24, 2.45) is 0 Å². The average molecular weight is 291 g/mol. The highest BCUT2D eigenvalue weighted by Gasteiger charge is 2.31. The molecular weight excluding hydrogens is 270 g/mol. The number of carbonyl (C=O) groups is 2. The van der Waals surface area contributed by atoms with Crippen LogP contribution in [0.5, 0.6) is 0 Å². The van der Waals surface area contributed by atoms with E-state index in [0.29, 0.717) is 13.1 Å². The van der Waals surface area contributed by atoms with Gasteiger partial charge in [-0.25, -0.2) is 8.42 Å². The lowest BCUT2D eigenvalue weighted by Gasteiger charge is -2.23. The van der Waals surface area contributed by atoms with Gasteiger partial charge in [-0.2, -0.15) is 0 Å². The van der Waals surface area contributed by atoms with Crippen LogP contribution in [-0.2, 0) is 19.4 Å². The van der Waals surface area contributed by atoms with Gasteiger partial charge in [0.25, 0.3) is 0 Å². The molecule has 19 heavy (non-hydrogen) atoms. The predicted octanol–water partition coefficient (Wildman–Crippen LogP) is 0.667. The maximum Gasteiger partial charge on any atom is 0.304 e. The van der Waals surface area contributed by atoms with Crippen molar-refractivity contribution in [2.75, 3.05) is 18.8 Å². The van der Waals surface area contributed by atoms with Crippen molar-refractivity contribution in [3.63, 3.8) is 0 Å². The summed E-state index contributed by atoms with van der Waals surface area (Å²) in [6, 6.07) is 0. The van der Waals surface area contributed by atoms with E-state index in [2.05, 4.69) is 0 Å². The van der Waals surface area contributed by atoms with Crippen LogP contribution >= 0.6 is 0 Å². The molecule has 1 heterocycles. The minimum atomic E-state index is -3.69. The average Bonchev–Trinajstić information content (AvgIpc) is 2.63. The molecule has 1 saturated heterocycles. The van der Waals surface area contributed by atoms with Gasteiger partial charge in [0.1, 0.15) is 5.25 Å². The number of amides is 1. The van der Waals surface area contributed by atoms with E-state index in [9.17, 15) is 18.0 Å². The first-order valence-corrected chi connectivity index (χ1v) is 8.28. The molecule has 7 heteroatoms. The van der Waals surface area contributed by atoms with E-state index >= 15 is 0 Å². The van der Waals surface area contributed by atoms with Crippen LogP contribution in [0.3, 0.4) is 0 Å². The summed E-state index contributed by atoms with van der Waals surface area (Å²) < 4.78 is 23.8. The standard InChI is InChI=1S/C12H21NO5S/c1-10(19(17,18)9-6-11(14)15)12(16)13-7-4-2-3-5-8-13/h10H,2-9H2,1H3,(H,14,15). The number of hydrogen-bond acceptors (Lipinski definition) is 4. The first kappa shape index (κ1) is 15.9. The molecule has 1 rings (SSSR count). The van der Waals surface area contributed by atoms with Crippen molar-refractivity contribution in [3.8, 4) is 0 Å². The normalized spacial score (nSPS) is 18.7. The van der Waals surface area contributed by atoms with Gasteiger partial charge in [0.2, 0.25) is 5.91 Å². The van der Waals surface area contributed by atoms with Crippen molar-refractivity contribution in [1.82, 2.24) is 4.90 Å². The van der Waals surface area contributed by atoms with E-state index in [1.165, 1.54) is 6.92 Å². The molecule has 1 aliphatic rings. The van der Waals surface area contributed by atoms with Gasteiger partial charge in [-0.15, -0.1) is 0 Å². The molecule has 1 fully saturated rings. The highest BCUT2D eigenvalue weighted by atomic mass is 32.2. The molecule has 0 aliphatic carbocycles. The second-order valence-corrected chi connectivity index (χ2v) is 7.33. The second kappa shape index (κ2) is 6.88. The number of carboxylic acids is 1. The summed E-state index contributed by atoms with van der Waals surface area (Å²) in [7, 11) is -3.69. The smallest absolute Gasteiger partial charge is 0.304 e. The summed E-state index contributed by atoms with van der Waals surface area (Å²) in [5, 5.41) is 7.38. The fourth-order valence-electron chi connectivity index (χ4n) is 2.11. The molecule has 1 amide bonds. The highest BCUT2D eigenvalue weighted by molar-refractivity contribution is 7.92. The van der Waals surface area contributed by atoms with Gasteiger partial charge < -0.3 is 10.0 Å². The van der Waals surface area contributed by atoms with Crippen molar-refractivity contribution < 1.29 is 23.1 Å². The summed E-state index contributed by atoms with van der Waals surface area (Å²) in [5.41, 5.74) is 0. The zero-order valence-electron chi connectivity index (χ0n) is 11.2. The summed E-state index contributed by atoms with van der Waals surface area (Å²) in [4.78, 5) is 24.2. The molecule has 1 unspecified atom stereocenters. The molecule has 6 nitrogen and oxygen atoms in total. The van der Waals surface area contributed by atoms with E-state index in [-0.39, 0.29) is 0 Å². The van der Waals surface area contributed by atoms with Gasteiger partial charge in [0.15, 0.2) is 9.84 Å². The van der Waals surface area contributed by atoms with Crippen molar-refractivity contribution >= 4 is 21.7 Å². The van der Waals surface area contributed by atoms with E-state index < -0.39 is 39.1 Å². The number of carboxylic acid groups (broad SMARTS) is 1. The summed E-state index contributed by atoms with van der Waals surface area (Å²) >= 11 is 0. The zero-order chi connectivity index (χ0) is 14.5. The molecule has 0 bridgehead atoms. The maximum absolute atomic E-state index is 12.1. The lowest BCUT2D eigenvalue weighted by molar-refractivity contribution is -0.136. The first-order chi connectivity index (χ1) is 8.84. The maximum atomic E-state index is 12.1. The monoisotopic (exact) mass is 291 g/mol. The predicted molar refractivity (Wildman–Crippen MR) is 70.5 cm³/mol. The Morgan fingerprint density at radius 3 is 2.16 bits per heavy atom. The molecular formula is C12H21NO5S. The summed E-state index contributed by atoms with van der Waals surface area (Å²) in [6.07, 6.45) is 3.45. The van der Waals surface area contributed by atoms with Gasteiger partial charge in [-0.3, -0.25) is 9.59 Å². The molecule has 0 aromatic heterocycles. The Kier molecular flexibility index (Phi) is 5.78. The van der Waals surface area contributed by atoms with Gasteiger partial charge >= 0.3 is 5.97 Å². The van der Waals surface area contributed by atoms with E-state index in [4.69, 9.17) is 5.11 Å². The number of carbonyl (C=O) groups excluding carboxylic acids is 1. The van der Waals surface area contributed by atoms with Gasteiger partial charge in [0, 0.05) is 13.1 Å². The van der Waals surface area contributed by atoms with Crippen LogP contribution < -0.4 is 0 Å². The molecule has 1 atom stereocenters. The van der Waals surface area contributed by atoms with Crippen LogP contribution in [0.2, 0.25) is 0 Å². The van der Waals surface area contributed by atoms with Crippen LogP contribution in [0, 0.1) is 0 Å². The van der Waals surface area contributed by atoms with Crippen LogP contribution in [0.1, 0.15) is 39.0 Å². The Morgan fingerprint density at radius 1 is 1.16 bits per heavy atom. The third-order valence-electron chi connectivity index (χ3n) is 3.40. The number of aliphatic carboxylic acids is 1. The first-order valence-electron chi connectivity index (χ1n) is 6.57. The van der Waals surface area contributed by atoms with Gasteiger partial charge in [-0.05, 0) is 19.8 Å². The Morgan fingerprint density at radius 2 is 1.68 bits per heavy atom. The van der Waals surface area contributed by atoms with Crippen LogP contribution in [0.25, 0.3) is 0 Å². The lowest BCUT2D eigenvalue weighted by Crippen LogP contribution is -2.42. The molecule has 0 radical (unpaired) electrons. The van der Waals surface area contributed by atoms with Crippen LogP contribution in [-0.4, -0.2) is 54.4 Å². The largest absolute Gasteiger partial charge is 0.481 e. The number of hydrogen-bond donors (Lipinski definition) is 1. The Hall–Kier alpha value is -1.11. The Balaban J connectivity index is 2.66. The van der Waals surface area contributed by atoms with Gasteiger partial charge in [-0.1, -0.05) is 12.8 Å². The molecule has 0 spiro atoms. The summed E-state index contributed by atoms with van der Waals surface area (Å²) in [5.74, 6) is -2.05. The summed E-state index contributed by atoms with van der Waals surface area (Å²) in [6.45, 7) is 2.54. The minimum Gasteiger partial charge on any atom is -0.481 e. The topological polar surface area (TPSA) is 91.8 Å². The van der Waals surface area contributed by atoms with E-state index in [1.54, 1.807) is 4.90 Å². The molecule has 110 valence electrons. The fourth-order valence-corrected chi connectivity index (χ4v) is 3.38. The third kappa shape index (κ3) is 4.81. The van der Waals surface area contributed by atoms with Crippen molar-refractivity contribution in [2.45, 2.75) is 44.3 Å². The van der Waals surface area contributed by atoms with Crippen molar-refractivity contribution in [1.29, 1.82) is 0 Å². The molecule has 0 aromatic rings. The fraction of sp³-hybridized carbons (Fsp3) is 0.833. The molecule has 1 N–H and O–H groups in total. The SMILES string of the molecule is CC(C(=O)N1CCCCCC1)S(=O)(=O)CCC(=O)O. The number of likely N-dealkylation sites (tertiary alicyclic amines) is 1. The van der Waals surface area contributed by atoms with E-state index in [1.807, 2.05) is 0 Å². The molecule has 0 saturated carbocycles. The van der Waals surface area contributed by atoms with Crippen molar-refractivity contribution in [3.05, 3.63) is 0 Å². The van der Waals surface area contributed by atoms with Gasteiger partial charge in [0.05, 0.1) is 12.2 Å². The number of sulfone groups is 1. The third-order valence-corrected chi connectivity index (χ3v) is 5.46. The Bertz CT molecular complexity index is 423. The number of rotatable bonds is 5. The Labute approximate surface area is 113 Å². The van der Waals surface area contributed by atoms with Crippen LogP contribution in [0.15, 0.2) is 0 Å². The molecule has 1 aliphatic heterocycles. The zero-order valence-corrected chi connectivity index (χ0v) is 12.0. The quantitative estimate of drug-likeness (QED) is 0.803. The molecule has 0 aromatic carbocycles. The number of nitrogens with zero attached hydrogens (tertiary/aromatic N) is 1. The highest BCUT2D eigenvalue weighted by Crippen LogP contribution is 2.14. The lowest BCUT2D eigenvalue weighted by atomic mass is 10.2. The second-order valence-electron chi connectivity index (χ2n) is 4.89.